The van der Waals surface area contributed by atoms with Crippen molar-refractivity contribution in [2.24, 2.45) is 0 Å². The van der Waals surface area contributed by atoms with E-state index in [9.17, 15) is 0 Å². The van der Waals surface area contributed by atoms with Gasteiger partial charge in [-0.15, -0.1) is 0 Å². The van der Waals surface area contributed by atoms with E-state index in [4.69, 9.17) is 5.11 Å². The van der Waals surface area contributed by atoms with Gasteiger partial charge in [0.1, 0.15) is 17.5 Å². The van der Waals surface area contributed by atoms with E-state index in [-0.39, 0.29) is 6.61 Å². The van der Waals surface area contributed by atoms with Gasteiger partial charge in [0.15, 0.2) is 0 Å². The maximum Gasteiger partial charge on any atom is 0.132 e. The van der Waals surface area contributed by atoms with Gasteiger partial charge in [-0.3, -0.25) is 0 Å². The standard InChI is InChI=1S/C10H18N4O/c1-3-8-13-9(11-2)7-10(14-8)12-5-4-6-15/h7,15H,3-6H2,1-2H3,(H2,11,12,13,14). The van der Waals surface area contributed by atoms with Crippen molar-refractivity contribution in [2.75, 3.05) is 30.8 Å². The highest BCUT2D eigenvalue weighted by atomic mass is 16.3. The Bertz CT molecular complexity index is 281. The molecule has 15 heavy (non-hydrogen) atoms. The van der Waals surface area contributed by atoms with Crippen molar-refractivity contribution in [3.63, 3.8) is 0 Å². The van der Waals surface area contributed by atoms with Crippen LogP contribution >= 0.6 is 0 Å². The van der Waals surface area contributed by atoms with Gasteiger partial charge in [-0.1, -0.05) is 6.92 Å². The minimum Gasteiger partial charge on any atom is -0.396 e. The van der Waals surface area contributed by atoms with Crippen LogP contribution in [-0.2, 0) is 6.42 Å². The first-order valence-corrected chi connectivity index (χ1v) is 5.20. The number of nitrogens with zero attached hydrogens (tertiary/aromatic N) is 2. The van der Waals surface area contributed by atoms with Crippen LogP contribution in [0.2, 0.25) is 0 Å². The lowest BCUT2D eigenvalue weighted by atomic mass is 10.4. The third kappa shape index (κ3) is 3.71. The molecule has 84 valence electrons. The molecule has 1 aromatic heterocycles. The van der Waals surface area contributed by atoms with Crippen LogP contribution in [0.4, 0.5) is 11.6 Å². The smallest absolute Gasteiger partial charge is 0.132 e. The van der Waals surface area contributed by atoms with Gasteiger partial charge in [0.25, 0.3) is 0 Å². The molecular weight excluding hydrogens is 192 g/mol. The highest BCUT2D eigenvalue weighted by Crippen LogP contribution is 2.10. The van der Waals surface area contributed by atoms with Gasteiger partial charge in [0.05, 0.1) is 0 Å². The van der Waals surface area contributed by atoms with Crippen LogP contribution in [0.5, 0.6) is 0 Å². The van der Waals surface area contributed by atoms with E-state index >= 15 is 0 Å². The normalized spacial score (nSPS) is 10.1. The molecule has 0 atom stereocenters. The summed E-state index contributed by atoms with van der Waals surface area (Å²) in [5.41, 5.74) is 0. The molecule has 5 nitrogen and oxygen atoms in total. The fourth-order valence-electron chi connectivity index (χ4n) is 1.17. The van der Waals surface area contributed by atoms with Crippen LogP contribution in [-0.4, -0.2) is 35.3 Å². The van der Waals surface area contributed by atoms with E-state index in [2.05, 4.69) is 20.6 Å². The first-order chi connectivity index (χ1) is 7.30. The van der Waals surface area contributed by atoms with Gasteiger partial charge in [-0.2, -0.15) is 0 Å². The predicted octanol–water partition coefficient (Wildman–Crippen LogP) is 0.875. The number of nitrogens with one attached hydrogen (secondary N) is 2. The van der Waals surface area contributed by atoms with E-state index < -0.39 is 0 Å². The summed E-state index contributed by atoms with van der Waals surface area (Å²) in [6.45, 7) is 2.93. The van der Waals surface area contributed by atoms with Gasteiger partial charge in [0, 0.05) is 32.7 Å². The van der Waals surface area contributed by atoms with Gasteiger partial charge in [-0.05, 0) is 6.42 Å². The second-order valence-corrected chi connectivity index (χ2v) is 3.16. The minimum atomic E-state index is 0.192. The van der Waals surface area contributed by atoms with E-state index in [0.29, 0.717) is 0 Å². The van der Waals surface area contributed by atoms with Gasteiger partial charge < -0.3 is 15.7 Å². The summed E-state index contributed by atoms with van der Waals surface area (Å²) in [5, 5.41) is 14.8. The molecule has 3 N–H and O–H groups in total. The van der Waals surface area contributed by atoms with Crippen molar-refractivity contribution in [1.82, 2.24) is 9.97 Å². The van der Waals surface area contributed by atoms with Crippen molar-refractivity contribution in [2.45, 2.75) is 19.8 Å². The molecule has 0 spiro atoms. The molecule has 0 unspecified atom stereocenters. The summed E-state index contributed by atoms with van der Waals surface area (Å²) in [6.07, 6.45) is 1.53. The van der Waals surface area contributed by atoms with Crippen LogP contribution in [0.25, 0.3) is 0 Å². The maximum atomic E-state index is 8.66. The first-order valence-electron chi connectivity index (χ1n) is 5.20. The first kappa shape index (κ1) is 11.7. The number of hydrogen-bond donors (Lipinski definition) is 3. The second kappa shape index (κ2) is 6.19. The SMILES string of the molecule is CCc1nc(NC)cc(NCCCO)n1. The summed E-state index contributed by atoms with van der Waals surface area (Å²) in [6, 6.07) is 1.86. The van der Waals surface area contributed by atoms with Crippen LogP contribution in [0.3, 0.4) is 0 Å². The van der Waals surface area contributed by atoms with E-state index in [1.54, 1.807) is 0 Å². The van der Waals surface area contributed by atoms with Crippen molar-refractivity contribution in [1.29, 1.82) is 0 Å². The predicted molar refractivity (Wildman–Crippen MR) is 61.1 cm³/mol. The van der Waals surface area contributed by atoms with Crippen molar-refractivity contribution in [3.8, 4) is 0 Å². The zero-order valence-electron chi connectivity index (χ0n) is 9.25. The van der Waals surface area contributed by atoms with Gasteiger partial charge in [0.2, 0.25) is 0 Å². The molecule has 0 aliphatic rings. The van der Waals surface area contributed by atoms with Gasteiger partial charge >= 0.3 is 0 Å². The Labute approximate surface area is 90.0 Å². The quantitative estimate of drug-likeness (QED) is 0.608. The lowest BCUT2D eigenvalue weighted by Crippen LogP contribution is -2.08. The monoisotopic (exact) mass is 210 g/mol. The Morgan fingerprint density at radius 1 is 1.33 bits per heavy atom. The number of rotatable bonds is 6. The summed E-state index contributed by atoms with van der Waals surface area (Å²) >= 11 is 0. The molecule has 0 fully saturated rings. The van der Waals surface area contributed by atoms with Crippen molar-refractivity contribution < 1.29 is 5.11 Å². The fourth-order valence-corrected chi connectivity index (χ4v) is 1.17. The lowest BCUT2D eigenvalue weighted by molar-refractivity contribution is 0.292. The molecule has 0 aliphatic heterocycles. The van der Waals surface area contributed by atoms with E-state index in [1.807, 2.05) is 20.0 Å². The van der Waals surface area contributed by atoms with E-state index in [1.165, 1.54) is 0 Å². The molecule has 0 saturated heterocycles. The summed E-state index contributed by atoms with van der Waals surface area (Å²) < 4.78 is 0. The number of aliphatic hydroxyl groups excluding tert-OH is 1. The zero-order valence-corrected chi connectivity index (χ0v) is 9.25. The number of aromatic nitrogens is 2. The Kier molecular flexibility index (Phi) is 4.83. The molecule has 1 aromatic rings. The molecule has 0 saturated carbocycles. The molecule has 0 bridgehead atoms. The van der Waals surface area contributed by atoms with Crippen LogP contribution < -0.4 is 10.6 Å². The number of anilines is 2. The average molecular weight is 210 g/mol. The van der Waals surface area contributed by atoms with Crippen LogP contribution in [0, 0.1) is 0 Å². The molecular formula is C10H18N4O. The Hall–Kier alpha value is -1.36. The molecule has 1 rings (SSSR count). The molecule has 0 aromatic carbocycles. The highest BCUT2D eigenvalue weighted by Gasteiger charge is 2.01. The largest absolute Gasteiger partial charge is 0.396 e. The molecule has 1 heterocycles. The summed E-state index contributed by atoms with van der Waals surface area (Å²) in [5.74, 6) is 2.43. The average Bonchev–Trinajstić information content (AvgIpc) is 2.29. The minimum absolute atomic E-state index is 0.192. The number of aliphatic hydroxyl groups is 1. The van der Waals surface area contributed by atoms with E-state index in [0.717, 1.165) is 36.8 Å². The van der Waals surface area contributed by atoms with Crippen molar-refractivity contribution >= 4 is 11.6 Å². The molecule has 5 heteroatoms. The Balaban J connectivity index is 2.68. The Morgan fingerprint density at radius 3 is 2.67 bits per heavy atom. The molecule has 0 amide bonds. The zero-order chi connectivity index (χ0) is 11.1. The van der Waals surface area contributed by atoms with Crippen LogP contribution in [0.15, 0.2) is 6.07 Å². The van der Waals surface area contributed by atoms with Crippen LogP contribution in [0.1, 0.15) is 19.2 Å². The Morgan fingerprint density at radius 2 is 2.07 bits per heavy atom. The third-order valence-electron chi connectivity index (χ3n) is 1.99. The topological polar surface area (TPSA) is 70.1 Å². The lowest BCUT2D eigenvalue weighted by Gasteiger charge is -2.08. The summed E-state index contributed by atoms with van der Waals surface area (Å²) in [4.78, 5) is 8.61. The number of aryl methyl sites for hydroxylation is 1. The third-order valence-corrected chi connectivity index (χ3v) is 1.99. The number of hydrogen-bond acceptors (Lipinski definition) is 5. The summed E-state index contributed by atoms with van der Waals surface area (Å²) in [7, 11) is 1.83. The fraction of sp³-hybridized carbons (Fsp3) is 0.600. The molecule has 0 radical (unpaired) electrons. The highest BCUT2D eigenvalue weighted by molar-refractivity contribution is 5.47. The maximum absolute atomic E-state index is 8.66. The second-order valence-electron chi connectivity index (χ2n) is 3.16. The molecule has 0 aliphatic carbocycles. The van der Waals surface area contributed by atoms with Crippen molar-refractivity contribution in [3.05, 3.63) is 11.9 Å². The van der Waals surface area contributed by atoms with Gasteiger partial charge in [-0.25, -0.2) is 9.97 Å².